The third-order valence-corrected chi connectivity index (χ3v) is 2.58. The molecule has 0 unspecified atom stereocenters. The average Bonchev–Trinajstić information content (AvgIpc) is 2.74. The molecule has 2 aromatic heterocycles. The summed E-state index contributed by atoms with van der Waals surface area (Å²) in [5, 5.41) is 4.53. The zero-order chi connectivity index (χ0) is 13.0. The zero-order valence-corrected chi connectivity index (χ0v) is 11.7. The molecule has 94 valence electrons. The average molecular weight is 233 g/mol. The molecule has 0 radical (unpaired) electrons. The minimum atomic E-state index is 0.436. The number of hydrogen-bond donors (Lipinski definition) is 0. The first-order valence-electron chi connectivity index (χ1n) is 6.43. The lowest BCUT2D eigenvalue weighted by Gasteiger charge is -2.04. The van der Waals surface area contributed by atoms with E-state index in [4.69, 9.17) is 0 Å². The largest absolute Gasteiger partial charge is 0.257 e. The fourth-order valence-corrected chi connectivity index (χ4v) is 1.69. The molecular formula is C14H23N3. The molecule has 0 aromatic carbocycles. The highest BCUT2D eigenvalue weighted by Gasteiger charge is 2.11. The molecule has 0 saturated carbocycles. The minimum absolute atomic E-state index is 0.436. The van der Waals surface area contributed by atoms with Gasteiger partial charge in [-0.1, -0.05) is 41.5 Å². The normalized spacial score (nSPS) is 10.8. The lowest BCUT2D eigenvalue weighted by Crippen LogP contribution is -1.97. The van der Waals surface area contributed by atoms with Crippen molar-refractivity contribution in [3.8, 4) is 0 Å². The summed E-state index contributed by atoms with van der Waals surface area (Å²) < 4.78 is 1.93. The van der Waals surface area contributed by atoms with Crippen LogP contribution in [-0.4, -0.2) is 14.6 Å². The van der Waals surface area contributed by atoms with Crippen LogP contribution < -0.4 is 0 Å². The van der Waals surface area contributed by atoms with E-state index in [1.807, 2.05) is 30.8 Å². The van der Waals surface area contributed by atoms with Crippen LogP contribution in [0.5, 0.6) is 0 Å². The molecule has 0 fully saturated rings. The van der Waals surface area contributed by atoms with Gasteiger partial charge in [-0.25, -0.2) is 4.52 Å². The van der Waals surface area contributed by atoms with Gasteiger partial charge in [-0.15, -0.1) is 0 Å². The smallest absolute Gasteiger partial charge is 0.0882 e. The molecule has 0 spiro atoms. The maximum atomic E-state index is 4.53. The van der Waals surface area contributed by atoms with E-state index in [0.29, 0.717) is 11.8 Å². The van der Waals surface area contributed by atoms with Crippen molar-refractivity contribution in [2.75, 3.05) is 0 Å². The lowest BCUT2D eigenvalue weighted by atomic mass is 10.1. The summed E-state index contributed by atoms with van der Waals surface area (Å²) in [6.07, 6.45) is 3.73. The molecule has 3 nitrogen and oxygen atoms in total. The van der Waals surface area contributed by atoms with Gasteiger partial charge in [0.05, 0.1) is 16.9 Å². The first kappa shape index (κ1) is 13.7. The number of rotatable bonds is 2. The van der Waals surface area contributed by atoms with Crippen molar-refractivity contribution in [2.45, 2.75) is 53.4 Å². The molecule has 0 bridgehead atoms. The SMILES string of the molecule is CC.CC(C)c1cc2c(C(C)C)nccn2n1. The van der Waals surface area contributed by atoms with Gasteiger partial charge in [0.1, 0.15) is 0 Å². The fraction of sp³-hybridized carbons (Fsp3) is 0.571. The van der Waals surface area contributed by atoms with Gasteiger partial charge in [0, 0.05) is 12.4 Å². The zero-order valence-electron chi connectivity index (χ0n) is 11.7. The predicted octanol–water partition coefficient (Wildman–Crippen LogP) is 4.00. The van der Waals surface area contributed by atoms with E-state index in [1.165, 1.54) is 0 Å². The van der Waals surface area contributed by atoms with E-state index in [2.05, 4.69) is 43.8 Å². The van der Waals surface area contributed by atoms with Crippen LogP contribution in [-0.2, 0) is 0 Å². The summed E-state index contributed by atoms with van der Waals surface area (Å²) in [5.41, 5.74) is 3.39. The minimum Gasteiger partial charge on any atom is -0.257 e. The number of nitrogens with zero attached hydrogens (tertiary/aromatic N) is 3. The molecule has 3 heteroatoms. The highest BCUT2D eigenvalue weighted by molar-refractivity contribution is 5.53. The maximum Gasteiger partial charge on any atom is 0.0882 e. The molecular weight excluding hydrogens is 210 g/mol. The third-order valence-electron chi connectivity index (χ3n) is 2.58. The molecule has 2 aromatic rings. The van der Waals surface area contributed by atoms with E-state index < -0.39 is 0 Å². The molecule has 0 aliphatic carbocycles. The molecule has 0 atom stereocenters. The lowest BCUT2D eigenvalue weighted by molar-refractivity contribution is 0.775. The van der Waals surface area contributed by atoms with E-state index in [1.54, 1.807) is 0 Å². The predicted molar refractivity (Wildman–Crippen MR) is 72.5 cm³/mol. The van der Waals surface area contributed by atoms with E-state index in [0.717, 1.165) is 16.9 Å². The molecule has 17 heavy (non-hydrogen) atoms. The summed E-state index contributed by atoms with van der Waals surface area (Å²) in [4.78, 5) is 4.42. The van der Waals surface area contributed by atoms with Gasteiger partial charge in [0.15, 0.2) is 0 Å². The Bertz CT molecular complexity index is 469. The Hall–Kier alpha value is -1.38. The number of fused-ring (bicyclic) bond motifs is 1. The van der Waals surface area contributed by atoms with Gasteiger partial charge in [0.25, 0.3) is 0 Å². The van der Waals surface area contributed by atoms with Crippen LogP contribution in [0.25, 0.3) is 5.52 Å². The van der Waals surface area contributed by atoms with Crippen molar-refractivity contribution in [1.82, 2.24) is 14.6 Å². The van der Waals surface area contributed by atoms with Crippen LogP contribution in [0.15, 0.2) is 18.5 Å². The molecule has 0 saturated heterocycles. The maximum absolute atomic E-state index is 4.53. The molecule has 2 heterocycles. The molecule has 0 amide bonds. The van der Waals surface area contributed by atoms with Crippen LogP contribution in [0.1, 0.15) is 64.8 Å². The Morgan fingerprint density at radius 3 is 2.24 bits per heavy atom. The van der Waals surface area contributed by atoms with Crippen molar-refractivity contribution < 1.29 is 0 Å². The van der Waals surface area contributed by atoms with Crippen molar-refractivity contribution in [2.24, 2.45) is 0 Å². The Morgan fingerprint density at radius 1 is 1.06 bits per heavy atom. The van der Waals surface area contributed by atoms with Crippen LogP contribution in [0, 0.1) is 0 Å². The molecule has 2 rings (SSSR count). The summed E-state index contributed by atoms with van der Waals surface area (Å²) >= 11 is 0. The molecule has 0 aliphatic heterocycles. The standard InChI is InChI=1S/C12H17N3.C2H6/c1-8(2)10-7-11-12(9(3)4)13-5-6-15(11)14-10;1-2/h5-9H,1-4H3;1-2H3. The van der Waals surface area contributed by atoms with Gasteiger partial charge < -0.3 is 0 Å². The molecule has 0 aliphatic rings. The summed E-state index contributed by atoms with van der Waals surface area (Å²) in [5.74, 6) is 0.898. The van der Waals surface area contributed by atoms with Gasteiger partial charge in [-0.2, -0.15) is 5.10 Å². The van der Waals surface area contributed by atoms with Crippen LogP contribution in [0.2, 0.25) is 0 Å². The highest BCUT2D eigenvalue weighted by atomic mass is 15.2. The second-order valence-electron chi connectivity index (χ2n) is 4.52. The van der Waals surface area contributed by atoms with Crippen molar-refractivity contribution in [3.63, 3.8) is 0 Å². The van der Waals surface area contributed by atoms with E-state index in [-0.39, 0.29) is 0 Å². The van der Waals surface area contributed by atoms with Crippen LogP contribution in [0.4, 0.5) is 0 Å². The van der Waals surface area contributed by atoms with Crippen molar-refractivity contribution >= 4 is 5.52 Å². The number of aromatic nitrogens is 3. The van der Waals surface area contributed by atoms with Crippen LogP contribution in [0.3, 0.4) is 0 Å². The fourth-order valence-electron chi connectivity index (χ4n) is 1.69. The summed E-state index contributed by atoms with van der Waals surface area (Å²) in [6.45, 7) is 12.6. The Morgan fingerprint density at radius 2 is 1.71 bits per heavy atom. The quantitative estimate of drug-likeness (QED) is 0.784. The van der Waals surface area contributed by atoms with Crippen molar-refractivity contribution in [3.05, 3.63) is 29.8 Å². The Balaban J connectivity index is 0.000000686. The van der Waals surface area contributed by atoms with Gasteiger partial charge >= 0.3 is 0 Å². The van der Waals surface area contributed by atoms with Gasteiger partial charge in [-0.05, 0) is 17.9 Å². The topological polar surface area (TPSA) is 30.2 Å². The second-order valence-corrected chi connectivity index (χ2v) is 4.52. The Labute approximate surface area is 104 Å². The van der Waals surface area contributed by atoms with Crippen molar-refractivity contribution in [1.29, 1.82) is 0 Å². The monoisotopic (exact) mass is 233 g/mol. The van der Waals surface area contributed by atoms with E-state index in [9.17, 15) is 0 Å². The van der Waals surface area contributed by atoms with E-state index >= 15 is 0 Å². The highest BCUT2D eigenvalue weighted by Crippen LogP contribution is 2.21. The summed E-state index contributed by atoms with van der Waals surface area (Å²) in [7, 11) is 0. The molecule has 0 N–H and O–H groups in total. The van der Waals surface area contributed by atoms with Crippen LogP contribution >= 0.6 is 0 Å². The van der Waals surface area contributed by atoms with Gasteiger partial charge in [0.2, 0.25) is 0 Å². The summed E-state index contributed by atoms with van der Waals surface area (Å²) in [6, 6.07) is 2.15. The third kappa shape index (κ3) is 2.84. The Kier molecular flexibility index (Phi) is 4.67. The first-order chi connectivity index (χ1) is 8.09. The first-order valence-corrected chi connectivity index (χ1v) is 6.43. The van der Waals surface area contributed by atoms with Gasteiger partial charge in [-0.3, -0.25) is 4.98 Å². The number of hydrogen-bond acceptors (Lipinski definition) is 2. The second kappa shape index (κ2) is 5.80.